The number of anilines is 3. The van der Waals surface area contributed by atoms with Crippen molar-refractivity contribution in [3.8, 4) is 0 Å². The van der Waals surface area contributed by atoms with Gasteiger partial charge < -0.3 is 25.8 Å². The van der Waals surface area contributed by atoms with Crippen LogP contribution in [0.1, 0.15) is 25.0 Å². The van der Waals surface area contributed by atoms with Gasteiger partial charge in [-0.2, -0.15) is 0 Å². The Morgan fingerprint density at radius 2 is 1.49 bits per heavy atom. The van der Waals surface area contributed by atoms with Crippen molar-refractivity contribution >= 4 is 52.0 Å². The lowest BCUT2D eigenvalue weighted by atomic mass is 10.1. The number of aliphatic hydroxyl groups excluding tert-OH is 2. The second kappa shape index (κ2) is 14.5. The van der Waals surface area contributed by atoms with E-state index in [1.807, 2.05) is 91.5 Å². The van der Waals surface area contributed by atoms with Gasteiger partial charge in [-0.3, -0.25) is 0 Å². The summed E-state index contributed by atoms with van der Waals surface area (Å²) in [5.74, 6) is -0.285. The summed E-state index contributed by atoms with van der Waals surface area (Å²) in [6.45, 7) is 5.99. The van der Waals surface area contributed by atoms with Crippen LogP contribution in [0, 0.1) is 0 Å². The number of pyridine rings is 2. The van der Waals surface area contributed by atoms with Crippen molar-refractivity contribution in [2.45, 2.75) is 26.9 Å². The summed E-state index contributed by atoms with van der Waals surface area (Å²) >= 11 is 0. The fraction of sp³-hybridized carbons (Fsp3) is 0.111. The maximum Gasteiger partial charge on any atom is 0.218 e. The minimum absolute atomic E-state index is 0.126. The molecule has 5 N–H and O–H groups in total. The van der Waals surface area contributed by atoms with Gasteiger partial charge in [-0.15, -0.1) is 0 Å². The van der Waals surface area contributed by atoms with Gasteiger partial charge in [-0.05, 0) is 92.2 Å². The molecule has 0 amide bonds. The van der Waals surface area contributed by atoms with Gasteiger partial charge >= 0.3 is 0 Å². The highest BCUT2D eigenvalue weighted by molar-refractivity contribution is 5.96. The van der Waals surface area contributed by atoms with Gasteiger partial charge in [-0.25, -0.2) is 19.5 Å². The maximum absolute atomic E-state index is 10.6. The van der Waals surface area contributed by atoms with E-state index in [-0.39, 0.29) is 11.8 Å². The number of aromatic nitrogens is 2. The van der Waals surface area contributed by atoms with E-state index in [0.29, 0.717) is 28.3 Å². The van der Waals surface area contributed by atoms with Gasteiger partial charge in [0.2, 0.25) is 11.8 Å². The molecule has 3 aromatic carbocycles. The standard InChI is InChI=1S/C36H35N7O2/c1-3-42-21-17-30(18-22-42)38-28-10-12-29(13-11-28)40-35(44)16-7-26-5-8-27(9-6-26)36(45)41-34-15-14-32(25-33(34)37)39-31-19-23-43(4-2)24-20-31/h5-25H,3-4H2,1-2H3,(H4,37,40,41,44,45)/p+1. The number of aryl methyl sites for hydroxylation is 2. The highest BCUT2D eigenvalue weighted by Crippen LogP contribution is 2.27. The average molecular weight is 599 g/mol. The molecule has 2 aromatic heterocycles. The van der Waals surface area contributed by atoms with E-state index in [1.165, 1.54) is 6.08 Å². The number of nitrogens with two attached hydrogens (primary N) is 1. The molecule has 226 valence electrons. The highest BCUT2D eigenvalue weighted by Gasteiger charge is 2.05. The highest BCUT2D eigenvalue weighted by atomic mass is 16.3. The predicted octanol–water partition coefficient (Wildman–Crippen LogP) is 7.31. The molecule has 0 radical (unpaired) electrons. The first-order valence-electron chi connectivity index (χ1n) is 14.7. The summed E-state index contributed by atoms with van der Waals surface area (Å²) in [4.78, 5) is 13.2. The summed E-state index contributed by atoms with van der Waals surface area (Å²) in [7, 11) is 0. The van der Waals surface area contributed by atoms with Crippen LogP contribution in [0.25, 0.3) is 6.08 Å². The van der Waals surface area contributed by atoms with E-state index in [4.69, 9.17) is 5.73 Å². The molecule has 0 saturated heterocycles. The molecule has 9 heteroatoms. The first-order valence-corrected chi connectivity index (χ1v) is 14.7. The van der Waals surface area contributed by atoms with Crippen molar-refractivity contribution in [3.05, 3.63) is 138 Å². The van der Waals surface area contributed by atoms with E-state index in [0.717, 1.165) is 35.4 Å². The number of nitrogen functional groups attached to an aromatic ring is 1. The molecule has 45 heavy (non-hydrogen) atoms. The lowest BCUT2D eigenvalue weighted by Gasteiger charge is -2.06. The van der Waals surface area contributed by atoms with Crippen LogP contribution in [-0.2, 0) is 13.1 Å². The van der Waals surface area contributed by atoms with E-state index >= 15 is 0 Å². The molecule has 0 atom stereocenters. The summed E-state index contributed by atoms with van der Waals surface area (Å²) in [6.07, 6.45) is 11.3. The van der Waals surface area contributed by atoms with Crippen LogP contribution in [0.2, 0.25) is 0 Å². The predicted molar refractivity (Wildman–Crippen MR) is 182 cm³/mol. The first kappa shape index (κ1) is 30.5. The third-order valence-corrected chi connectivity index (χ3v) is 6.98. The van der Waals surface area contributed by atoms with Crippen LogP contribution in [0.5, 0.6) is 0 Å². The first-order chi connectivity index (χ1) is 21.9. The Hall–Kier alpha value is -5.96. The van der Waals surface area contributed by atoms with E-state index in [9.17, 15) is 10.2 Å². The van der Waals surface area contributed by atoms with Crippen LogP contribution in [0.15, 0.2) is 137 Å². The number of hydrogen-bond donors (Lipinski definition) is 4. The monoisotopic (exact) mass is 598 g/mol. The Morgan fingerprint density at radius 1 is 0.822 bits per heavy atom. The van der Waals surface area contributed by atoms with Gasteiger partial charge in [-0.1, -0.05) is 12.1 Å². The Kier molecular flexibility index (Phi) is 9.81. The SMILES string of the molecule is CCn1ccc(=Nc2ccc(N=C(O)c3ccc(C=CC(O)=Nc4ccc(Nc5cc[n+](CC)cc5)cc4)cc3)c(N)c2)cc1. The summed E-state index contributed by atoms with van der Waals surface area (Å²) in [5, 5.41) is 25.1. The maximum atomic E-state index is 10.6. The number of nitrogens with one attached hydrogen (secondary N) is 1. The molecule has 9 nitrogen and oxygen atoms in total. The zero-order valence-corrected chi connectivity index (χ0v) is 25.2. The molecule has 2 heterocycles. The molecular formula is C36H36N7O2+. The molecule has 0 aliphatic heterocycles. The number of rotatable bonds is 10. The molecule has 0 fully saturated rings. The largest absolute Gasteiger partial charge is 0.493 e. The van der Waals surface area contributed by atoms with Crippen molar-refractivity contribution in [2.75, 3.05) is 11.1 Å². The summed E-state index contributed by atoms with van der Waals surface area (Å²) in [6, 6.07) is 27.8. The van der Waals surface area contributed by atoms with Crippen LogP contribution in [-0.4, -0.2) is 26.6 Å². The summed E-state index contributed by atoms with van der Waals surface area (Å²) < 4.78 is 4.15. The fourth-order valence-corrected chi connectivity index (χ4v) is 4.40. The van der Waals surface area contributed by atoms with Crippen LogP contribution < -0.4 is 21.0 Å². The normalized spacial score (nSPS) is 12.0. The number of aliphatic imine (C=N–C) groups is 2. The molecule has 0 unspecified atom stereocenters. The van der Waals surface area contributed by atoms with Crippen molar-refractivity contribution in [2.24, 2.45) is 15.0 Å². The van der Waals surface area contributed by atoms with Gasteiger partial charge in [0, 0.05) is 48.4 Å². The molecule has 5 aromatic rings. The fourth-order valence-electron chi connectivity index (χ4n) is 4.40. The average Bonchev–Trinajstić information content (AvgIpc) is 3.07. The second-order valence-electron chi connectivity index (χ2n) is 10.2. The van der Waals surface area contributed by atoms with E-state index < -0.39 is 0 Å². The van der Waals surface area contributed by atoms with Crippen LogP contribution in [0.3, 0.4) is 0 Å². The number of aliphatic hydroxyl groups is 2. The van der Waals surface area contributed by atoms with Gasteiger partial charge in [0.05, 0.1) is 33.8 Å². The molecule has 0 bridgehead atoms. The molecular weight excluding hydrogens is 562 g/mol. The third kappa shape index (κ3) is 8.55. The quantitative estimate of drug-likeness (QED) is 0.0582. The molecule has 0 spiro atoms. The Bertz CT molecular complexity index is 1890. The summed E-state index contributed by atoms with van der Waals surface area (Å²) in [5.41, 5.74) is 11.6. The van der Waals surface area contributed by atoms with E-state index in [2.05, 4.69) is 43.3 Å². The zero-order chi connectivity index (χ0) is 31.6. The Labute approximate surface area is 262 Å². The minimum Gasteiger partial charge on any atom is -0.493 e. The minimum atomic E-state index is -0.159. The Morgan fingerprint density at radius 3 is 2.13 bits per heavy atom. The van der Waals surface area contributed by atoms with Crippen molar-refractivity contribution in [1.29, 1.82) is 0 Å². The Balaban J connectivity index is 1.19. The van der Waals surface area contributed by atoms with E-state index in [1.54, 1.807) is 30.3 Å². The van der Waals surface area contributed by atoms with Crippen molar-refractivity contribution in [1.82, 2.24) is 4.57 Å². The lowest BCUT2D eigenvalue weighted by Crippen LogP contribution is -2.30. The molecule has 0 saturated carbocycles. The molecule has 5 rings (SSSR count). The number of nitrogens with zero attached hydrogens (tertiary/aromatic N) is 5. The van der Waals surface area contributed by atoms with Crippen LogP contribution >= 0.6 is 0 Å². The lowest BCUT2D eigenvalue weighted by molar-refractivity contribution is -0.693. The molecule has 0 aliphatic carbocycles. The topological polar surface area (TPSA) is 124 Å². The van der Waals surface area contributed by atoms with Crippen molar-refractivity contribution in [3.63, 3.8) is 0 Å². The zero-order valence-electron chi connectivity index (χ0n) is 25.2. The van der Waals surface area contributed by atoms with Crippen LogP contribution in [0.4, 0.5) is 34.1 Å². The molecule has 0 aliphatic rings. The van der Waals surface area contributed by atoms with Gasteiger partial charge in [0.15, 0.2) is 12.4 Å². The van der Waals surface area contributed by atoms with Gasteiger partial charge in [0.1, 0.15) is 6.54 Å². The van der Waals surface area contributed by atoms with Crippen molar-refractivity contribution < 1.29 is 14.8 Å². The smallest absolute Gasteiger partial charge is 0.218 e. The second-order valence-corrected chi connectivity index (χ2v) is 10.2. The third-order valence-electron chi connectivity index (χ3n) is 6.98. The van der Waals surface area contributed by atoms with Gasteiger partial charge in [0.25, 0.3) is 0 Å². The number of hydrogen-bond acceptors (Lipinski definition) is 5. The number of benzene rings is 3.